The Morgan fingerprint density at radius 3 is 2.30 bits per heavy atom. The molecule has 1 aliphatic rings. The van der Waals surface area contributed by atoms with Crippen molar-refractivity contribution in [2.75, 3.05) is 0 Å². The third-order valence-corrected chi connectivity index (χ3v) is 4.42. The van der Waals surface area contributed by atoms with Crippen molar-refractivity contribution >= 4 is 11.9 Å². The summed E-state index contributed by atoms with van der Waals surface area (Å²) in [5.74, 6) is -0.407. The van der Waals surface area contributed by atoms with E-state index in [1.54, 1.807) is 0 Å². The second-order valence-corrected chi connectivity index (χ2v) is 6.28. The molecule has 0 unspecified atom stereocenters. The Hall–Kier alpha value is -1.06. The highest BCUT2D eigenvalue weighted by Gasteiger charge is 2.42. The summed E-state index contributed by atoms with van der Waals surface area (Å²) in [7, 11) is 0. The SMILES string of the molecule is CCCCCCCC(=O)NC1(C(=O)O)CCC(C)CC1. The van der Waals surface area contributed by atoms with E-state index in [2.05, 4.69) is 19.2 Å². The van der Waals surface area contributed by atoms with Crippen LogP contribution in [-0.4, -0.2) is 22.5 Å². The smallest absolute Gasteiger partial charge is 0.329 e. The van der Waals surface area contributed by atoms with Crippen molar-refractivity contribution in [1.29, 1.82) is 0 Å². The molecule has 0 spiro atoms. The fourth-order valence-electron chi connectivity index (χ4n) is 2.87. The van der Waals surface area contributed by atoms with Crippen LogP contribution < -0.4 is 5.32 Å². The number of carboxylic acid groups (broad SMARTS) is 1. The molecule has 116 valence electrons. The number of hydrogen-bond acceptors (Lipinski definition) is 2. The van der Waals surface area contributed by atoms with E-state index in [0.717, 1.165) is 32.1 Å². The van der Waals surface area contributed by atoms with Crippen LogP contribution in [0.4, 0.5) is 0 Å². The Morgan fingerprint density at radius 2 is 1.75 bits per heavy atom. The first-order valence-corrected chi connectivity index (χ1v) is 8.04. The molecular formula is C16H29NO3. The minimum absolute atomic E-state index is 0.0987. The first kappa shape index (κ1) is 17.0. The standard InChI is InChI=1S/C16H29NO3/c1-3-4-5-6-7-8-14(18)17-16(15(19)20)11-9-13(2)10-12-16/h13H,3-12H2,1-2H3,(H,17,18)(H,19,20). The van der Waals surface area contributed by atoms with E-state index >= 15 is 0 Å². The highest BCUT2D eigenvalue weighted by molar-refractivity contribution is 5.87. The Morgan fingerprint density at radius 1 is 1.15 bits per heavy atom. The zero-order valence-corrected chi connectivity index (χ0v) is 12.9. The molecule has 0 saturated heterocycles. The number of carbonyl (C=O) groups is 2. The molecule has 1 fully saturated rings. The number of carbonyl (C=O) groups excluding carboxylic acids is 1. The van der Waals surface area contributed by atoms with Gasteiger partial charge in [0.05, 0.1) is 0 Å². The van der Waals surface area contributed by atoms with Gasteiger partial charge in [0.1, 0.15) is 5.54 Å². The zero-order valence-electron chi connectivity index (χ0n) is 12.9. The number of carboxylic acids is 1. The lowest BCUT2D eigenvalue weighted by atomic mass is 9.77. The molecule has 0 bridgehead atoms. The van der Waals surface area contributed by atoms with Crippen LogP contribution in [0.15, 0.2) is 0 Å². The maximum absolute atomic E-state index is 12.0. The van der Waals surface area contributed by atoms with E-state index in [9.17, 15) is 14.7 Å². The molecule has 4 nitrogen and oxygen atoms in total. The molecule has 0 aromatic carbocycles. The monoisotopic (exact) mass is 283 g/mol. The van der Waals surface area contributed by atoms with Gasteiger partial charge in [-0.05, 0) is 38.0 Å². The summed E-state index contributed by atoms with van der Waals surface area (Å²) in [5.41, 5.74) is -1.01. The molecule has 2 N–H and O–H groups in total. The average molecular weight is 283 g/mol. The van der Waals surface area contributed by atoms with Gasteiger partial charge in [0, 0.05) is 6.42 Å². The highest BCUT2D eigenvalue weighted by atomic mass is 16.4. The molecule has 0 aliphatic heterocycles. The maximum atomic E-state index is 12.0. The van der Waals surface area contributed by atoms with E-state index in [1.807, 2.05) is 0 Å². The molecule has 0 aromatic heterocycles. The highest BCUT2D eigenvalue weighted by Crippen LogP contribution is 2.32. The first-order valence-electron chi connectivity index (χ1n) is 8.04. The van der Waals surface area contributed by atoms with Crippen molar-refractivity contribution in [3.05, 3.63) is 0 Å². The Balaban J connectivity index is 2.38. The van der Waals surface area contributed by atoms with Gasteiger partial charge in [-0.3, -0.25) is 4.79 Å². The van der Waals surface area contributed by atoms with Gasteiger partial charge >= 0.3 is 5.97 Å². The molecular weight excluding hydrogens is 254 g/mol. The lowest BCUT2D eigenvalue weighted by molar-refractivity contribution is -0.149. The van der Waals surface area contributed by atoms with E-state index < -0.39 is 11.5 Å². The fourth-order valence-corrected chi connectivity index (χ4v) is 2.87. The lowest BCUT2D eigenvalue weighted by Gasteiger charge is -2.36. The van der Waals surface area contributed by atoms with Gasteiger partial charge in [-0.25, -0.2) is 4.79 Å². The van der Waals surface area contributed by atoms with Gasteiger partial charge < -0.3 is 10.4 Å². The molecule has 0 heterocycles. The van der Waals surface area contributed by atoms with Crippen LogP contribution in [0.5, 0.6) is 0 Å². The molecule has 4 heteroatoms. The minimum atomic E-state index is -1.01. The lowest BCUT2D eigenvalue weighted by Crippen LogP contribution is -2.56. The topological polar surface area (TPSA) is 66.4 Å². The van der Waals surface area contributed by atoms with Crippen LogP contribution in [-0.2, 0) is 9.59 Å². The number of unbranched alkanes of at least 4 members (excludes halogenated alkanes) is 4. The van der Waals surface area contributed by atoms with Crippen LogP contribution >= 0.6 is 0 Å². The summed E-state index contributed by atoms with van der Waals surface area (Å²) < 4.78 is 0. The largest absolute Gasteiger partial charge is 0.480 e. The summed E-state index contributed by atoms with van der Waals surface area (Å²) in [4.78, 5) is 23.5. The number of aliphatic carboxylic acids is 1. The van der Waals surface area contributed by atoms with Gasteiger partial charge in [-0.2, -0.15) is 0 Å². The fraction of sp³-hybridized carbons (Fsp3) is 0.875. The van der Waals surface area contributed by atoms with Crippen LogP contribution in [0.3, 0.4) is 0 Å². The van der Waals surface area contributed by atoms with E-state index in [0.29, 0.717) is 25.2 Å². The van der Waals surface area contributed by atoms with Gasteiger partial charge in [-0.1, -0.05) is 39.5 Å². The molecule has 1 saturated carbocycles. The first-order chi connectivity index (χ1) is 9.50. The Kier molecular flexibility index (Phi) is 7.03. The van der Waals surface area contributed by atoms with Gasteiger partial charge in [0.15, 0.2) is 0 Å². The van der Waals surface area contributed by atoms with Gasteiger partial charge in [0.25, 0.3) is 0 Å². The predicted octanol–water partition coefficient (Wildman–Crippen LogP) is 3.50. The summed E-state index contributed by atoms with van der Waals surface area (Å²) in [5, 5.41) is 12.3. The van der Waals surface area contributed by atoms with Crippen molar-refractivity contribution in [2.24, 2.45) is 5.92 Å². The zero-order chi connectivity index (χ0) is 15.0. The van der Waals surface area contributed by atoms with Crippen molar-refractivity contribution in [3.63, 3.8) is 0 Å². The van der Waals surface area contributed by atoms with E-state index in [1.165, 1.54) is 12.8 Å². The van der Waals surface area contributed by atoms with Crippen LogP contribution in [0.25, 0.3) is 0 Å². The van der Waals surface area contributed by atoms with Crippen molar-refractivity contribution in [3.8, 4) is 0 Å². The summed E-state index contributed by atoms with van der Waals surface area (Å²) in [6, 6.07) is 0. The third kappa shape index (κ3) is 5.14. The maximum Gasteiger partial charge on any atom is 0.329 e. The second-order valence-electron chi connectivity index (χ2n) is 6.28. The minimum Gasteiger partial charge on any atom is -0.480 e. The van der Waals surface area contributed by atoms with Crippen molar-refractivity contribution in [2.45, 2.75) is 83.6 Å². The molecule has 20 heavy (non-hydrogen) atoms. The van der Waals surface area contributed by atoms with Crippen LogP contribution in [0, 0.1) is 5.92 Å². The van der Waals surface area contributed by atoms with E-state index in [-0.39, 0.29) is 5.91 Å². The Bertz CT molecular complexity index is 320. The Labute approximate surface area is 122 Å². The molecule has 1 amide bonds. The summed E-state index contributed by atoms with van der Waals surface area (Å²) in [6.07, 6.45) is 8.79. The number of rotatable bonds is 8. The predicted molar refractivity (Wildman–Crippen MR) is 79.5 cm³/mol. The summed E-state index contributed by atoms with van der Waals surface area (Å²) in [6.45, 7) is 4.30. The third-order valence-electron chi connectivity index (χ3n) is 4.42. The quantitative estimate of drug-likeness (QED) is 0.670. The van der Waals surface area contributed by atoms with Gasteiger partial charge in [-0.15, -0.1) is 0 Å². The molecule has 1 rings (SSSR count). The normalized spacial score (nSPS) is 26.2. The number of hydrogen-bond donors (Lipinski definition) is 2. The van der Waals surface area contributed by atoms with Crippen molar-refractivity contribution in [1.82, 2.24) is 5.32 Å². The molecule has 0 atom stereocenters. The average Bonchev–Trinajstić information content (AvgIpc) is 2.41. The second kappa shape index (κ2) is 8.28. The van der Waals surface area contributed by atoms with Gasteiger partial charge in [0.2, 0.25) is 5.91 Å². The van der Waals surface area contributed by atoms with Crippen molar-refractivity contribution < 1.29 is 14.7 Å². The number of nitrogens with one attached hydrogen (secondary N) is 1. The molecule has 0 radical (unpaired) electrons. The molecule has 1 aliphatic carbocycles. The van der Waals surface area contributed by atoms with Crippen LogP contribution in [0.2, 0.25) is 0 Å². The van der Waals surface area contributed by atoms with E-state index in [4.69, 9.17) is 0 Å². The van der Waals surface area contributed by atoms with Crippen LogP contribution in [0.1, 0.15) is 78.1 Å². The summed E-state index contributed by atoms with van der Waals surface area (Å²) >= 11 is 0. The molecule has 0 aromatic rings. The number of amides is 1.